The summed E-state index contributed by atoms with van der Waals surface area (Å²) < 4.78 is 0. The zero-order valence-electron chi connectivity index (χ0n) is 11.6. The van der Waals surface area contributed by atoms with Crippen LogP contribution in [0, 0.1) is 5.92 Å². The minimum Gasteiger partial charge on any atom is -0.364 e. The Balaban J connectivity index is 2.19. The predicted molar refractivity (Wildman–Crippen MR) is 78.2 cm³/mol. The molecule has 0 radical (unpaired) electrons. The van der Waals surface area contributed by atoms with Crippen molar-refractivity contribution in [3.8, 4) is 0 Å². The number of carbonyl (C=O) groups excluding carboxylic acids is 1. The van der Waals surface area contributed by atoms with Crippen LogP contribution in [0.15, 0.2) is 42.5 Å². The van der Waals surface area contributed by atoms with Crippen molar-refractivity contribution in [1.82, 2.24) is 10.2 Å². The van der Waals surface area contributed by atoms with Crippen LogP contribution >= 0.6 is 0 Å². The zero-order valence-corrected chi connectivity index (χ0v) is 11.6. The van der Waals surface area contributed by atoms with Gasteiger partial charge in [-0.3, -0.25) is 4.79 Å². The molecule has 2 rings (SSSR count). The fourth-order valence-corrected chi connectivity index (χ4v) is 2.00. The van der Waals surface area contributed by atoms with Gasteiger partial charge in [0.15, 0.2) is 5.69 Å². The lowest BCUT2D eigenvalue weighted by atomic mass is 9.96. The summed E-state index contributed by atoms with van der Waals surface area (Å²) in [6.45, 7) is 4.27. The van der Waals surface area contributed by atoms with Crippen LogP contribution < -0.4 is 11.1 Å². The second-order valence-electron chi connectivity index (χ2n) is 4.94. The third-order valence-corrected chi connectivity index (χ3v) is 3.05. The van der Waals surface area contributed by atoms with Gasteiger partial charge in [0.1, 0.15) is 5.82 Å². The van der Waals surface area contributed by atoms with E-state index in [4.69, 9.17) is 5.73 Å². The summed E-state index contributed by atoms with van der Waals surface area (Å²) in [5.41, 5.74) is 6.49. The second-order valence-corrected chi connectivity index (χ2v) is 4.94. The number of benzene rings is 1. The molecule has 0 saturated carbocycles. The fraction of sp³-hybridized carbons (Fsp3) is 0.267. The van der Waals surface area contributed by atoms with Crippen LogP contribution in [0.1, 0.15) is 35.9 Å². The lowest BCUT2D eigenvalue weighted by molar-refractivity contribution is 0.0994. The van der Waals surface area contributed by atoms with Crippen LogP contribution in [0.4, 0.5) is 5.82 Å². The molecule has 0 spiro atoms. The van der Waals surface area contributed by atoms with Gasteiger partial charge in [0.05, 0.1) is 6.04 Å². The maximum absolute atomic E-state index is 11.0. The number of nitrogens with zero attached hydrogens (tertiary/aromatic N) is 2. The molecular weight excluding hydrogens is 252 g/mol. The van der Waals surface area contributed by atoms with E-state index >= 15 is 0 Å². The third kappa shape index (κ3) is 3.32. The number of carbonyl (C=O) groups is 1. The highest BCUT2D eigenvalue weighted by molar-refractivity contribution is 5.90. The molecule has 2 aromatic rings. The van der Waals surface area contributed by atoms with Crippen molar-refractivity contribution >= 4 is 11.7 Å². The average Bonchev–Trinajstić information content (AvgIpc) is 2.46. The van der Waals surface area contributed by atoms with Gasteiger partial charge in [-0.25, -0.2) is 0 Å². The number of nitrogens with one attached hydrogen (secondary N) is 1. The lowest BCUT2D eigenvalue weighted by Gasteiger charge is -2.23. The molecule has 5 nitrogen and oxygen atoms in total. The van der Waals surface area contributed by atoms with Crippen molar-refractivity contribution in [3.63, 3.8) is 0 Å². The van der Waals surface area contributed by atoms with E-state index in [-0.39, 0.29) is 11.7 Å². The third-order valence-electron chi connectivity index (χ3n) is 3.05. The van der Waals surface area contributed by atoms with Crippen LogP contribution in [0.2, 0.25) is 0 Å². The molecule has 0 fully saturated rings. The summed E-state index contributed by atoms with van der Waals surface area (Å²) in [4.78, 5) is 11.0. The smallest absolute Gasteiger partial charge is 0.269 e. The van der Waals surface area contributed by atoms with Crippen LogP contribution in [0.3, 0.4) is 0 Å². The second kappa shape index (κ2) is 6.14. The average molecular weight is 270 g/mol. The number of anilines is 1. The molecule has 0 aliphatic carbocycles. The zero-order chi connectivity index (χ0) is 14.5. The van der Waals surface area contributed by atoms with Gasteiger partial charge in [-0.2, -0.15) is 0 Å². The van der Waals surface area contributed by atoms with Gasteiger partial charge in [-0.15, -0.1) is 10.2 Å². The van der Waals surface area contributed by atoms with E-state index < -0.39 is 5.91 Å². The van der Waals surface area contributed by atoms with Gasteiger partial charge in [0.25, 0.3) is 5.91 Å². The maximum atomic E-state index is 11.0. The van der Waals surface area contributed by atoms with Crippen LogP contribution in [-0.2, 0) is 0 Å². The molecule has 1 aromatic heterocycles. The molecule has 0 bridgehead atoms. The first-order chi connectivity index (χ1) is 9.58. The number of hydrogen-bond acceptors (Lipinski definition) is 4. The Morgan fingerprint density at radius 2 is 1.80 bits per heavy atom. The van der Waals surface area contributed by atoms with Crippen molar-refractivity contribution in [3.05, 3.63) is 53.7 Å². The monoisotopic (exact) mass is 270 g/mol. The van der Waals surface area contributed by atoms with Gasteiger partial charge in [-0.05, 0) is 23.6 Å². The molecule has 3 N–H and O–H groups in total. The minimum atomic E-state index is -0.576. The first-order valence-corrected chi connectivity index (χ1v) is 6.53. The molecule has 1 heterocycles. The summed E-state index contributed by atoms with van der Waals surface area (Å²) in [5.74, 6) is 0.431. The molecule has 5 heteroatoms. The highest BCUT2D eigenvalue weighted by atomic mass is 16.1. The molecule has 104 valence electrons. The molecule has 0 saturated heterocycles. The fourth-order valence-electron chi connectivity index (χ4n) is 2.00. The lowest BCUT2D eigenvalue weighted by Crippen LogP contribution is -2.19. The van der Waals surface area contributed by atoms with Gasteiger partial charge in [0, 0.05) is 0 Å². The van der Waals surface area contributed by atoms with Gasteiger partial charge in [0.2, 0.25) is 0 Å². The van der Waals surface area contributed by atoms with Crippen molar-refractivity contribution in [2.24, 2.45) is 11.7 Å². The summed E-state index contributed by atoms with van der Waals surface area (Å²) >= 11 is 0. The normalized spacial score (nSPS) is 12.2. The SMILES string of the molecule is CC(C)C(Nc1ccc(C(N)=O)nn1)c1ccccc1. The Labute approximate surface area is 118 Å². The number of primary amides is 1. The van der Waals surface area contributed by atoms with E-state index in [0.29, 0.717) is 11.7 Å². The van der Waals surface area contributed by atoms with E-state index in [9.17, 15) is 4.79 Å². The Morgan fingerprint density at radius 3 is 2.30 bits per heavy atom. The molecule has 1 atom stereocenters. The number of aromatic nitrogens is 2. The van der Waals surface area contributed by atoms with Crippen molar-refractivity contribution < 1.29 is 4.79 Å². The van der Waals surface area contributed by atoms with E-state index in [1.165, 1.54) is 5.56 Å². The Bertz CT molecular complexity index is 566. The molecule has 1 unspecified atom stereocenters. The van der Waals surface area contributed by atoms with Gasteiger partial charge >= 0.3 is 0 Å². The number of hydrogen-bond donors (Lipinski definition) is 2. The van der Waals surface area contributed by atoms with Crippen LogP contribution in [0.5, 0.6) is 0 Å². The minimum absolute atomic E-state index is 0.130. The van der Waals surface area contributed by atoms with E-state index in [0.717, 1.165) is 0 Å². The Hall–Kier alpha value is -2.43. The Kier molecular flexibility index (Phi) is 4.30. The largest absolute Gasteiger partial charge is 0.364 e. The summed E-state index contributed by atoms with van der Waals surface area (Å²) in [6.07, 6.45) is 0. The quantitative estimate of drug-likeness (QED) is 0.874. The highest BCUT2D eigenvalue weighted by Crippen LogP contribution is 2.25. The van der Waals surface area contributed by atoms with Crippen molar-refractivity contribution in [2.75, 3.05) is 5.32 Å². The highest BCUT2D eigenvalue weighted by Gasteiger charge is 2.16. The van der Waals surface area contributed by atoms with Gasteiger partial charge in [-0.1, -0.05) is 44.2 Å². The standard InChI is InChI=1S/C15H18N4O/c1-10(2)14(11-6-4-3-5-7-11)17-13-9-8-12(15(16)20)18-19-13/h3-10,14H,1-2H3,(H2,16,20)(H,17,19). The summed E-state index contributed by atoms with van der Waals surface area (Å²) in [7, 11) is 0. The van der Waals surface area contributed by atoms with Gasteiger partial charge < -0.3 is 11.1 Å². The topological polar surface area (TPSA) is 80.9 Å². The van der Waals surface area contributed by atoms with E-state index in [2.05, 4.69) is 41.5 Å². The number of nitrogens with two attached hydrogens (primary N) is 1. The molecular formula is C15H18N4O. The van der Waals surface area contributed by atoms with E-state index in [1.807, 2.05) is 18.2 Å². The summed E-state index contributed by atoms with van der Waals surface area (Å²) in [5, 5.41) is 11.1. The first kappa shape index (κ1) is 14.0. The molecule has 0 aliphatic heterocycles. The molecule has 0 aliphatic rings. The molecule has 1 amide bonds. The van der Waals surface area contributed by atoms with Crippen molar-refractivity contribution in [2.45, 2.75) is 19.9 Å². The number of amides is 1. The first-order valence-electron chi connectivity index (χ1n) is 6.53. The number of rotatable bonds is 5. The molecule has 1 aromatic carbocycles. The predicted octanol–water partition coefficient (Wildman–Crippen LogP) is 2.38. The summed E-state index contributed by atoms with van der Waals surface area (Å²) in [6, 6.07) is 13.6. The van der Waals surface area contributed by atoms with Crippen molar-refractivity contribution in [1.29, 1.82) is 0 Å². The maximum Gasteiger partial charge on any atom is 0.269 e. The van der Waals surface area contributed by atoms with Crippen LogP contribution in [0.25, 0.3) is 0 Å². The Morgan fingerprint density at radius 1 is 1.10 bits per heavy atom. The van der Waals surface area contributed by atoms with Crippen LogP contribution in [-0.4, -0.2) is 16.1 Å². The molecule has 20 heavy (non-hydrogen) atoms. The van der Waals surface area contributed by atoms with E-state index in [1.54, 1.807) is 12.1 Å².